The standard InChI is InChI=1S/C9H10N2O5S/c1-17(15,16)5-8(12)11-7-4-6(9(13)14)2-3-10-7/h2-4H,5H2,1H3,(H,13,14)(H,10,11,12). The van der Waals surface area contributed by atoms with Crippen LogP contribution in [0.25, 0.3) is 0 Å². The number of aromatic carboxylic acids is 1. The van der Waals surface area contributed by atoms with Crippen molar-refractivity contribution in [3.8, 4) is 0 Å². The number of carbonyl (C=O) groups excluding carboxylic acids is 1. The van der Waals surface area contributed by atoms with Gasteiger partial charge in [-0.3, -0.25) is 4.79 Å². The highest BCUT2D eigenvalue weighted by Gasteiger charge is 2.12. The van der Waals surface area contributed by atoms with Crippen LogP contribution >= 0.6 is 0 Å². The second-order valence-electron chi connectivity index (χ2n) is 3.35. The van der Waals surface area contributed by atoms with Crippen molar-refractivity contribution in [2.24, 2.45) is 0 Å². The van der Waals surface area contributed by atoms with Crippen LogP contribution < -0.4 is 5.32 Å². The quantitative estimate of drug-likeness (QED) is 0.770. The average molecular weight is 258 g/mol. The number of hydrogen-bond donors (Lipinski definition) is 2. The number of hydrogen-bond acceptors (Lipinski definition) is 5. The first-order chi connectivity index (χ1) is 7.78. The molecule has 92 valence electrons. The van der Waals surface area contributed by atoms with E-state index in [0.29, 0.717) is 0 Å². The Hall–Kier alpha value is -1.96. The summed E-state index contributed by atoms with van der Waals surface area (Å²) in [5.74, 6) is -2.60. The molecular formula is C9H10N2O5S. The molecular weight excluding hydrogens is 248 g/mol. The molecule has 0 aromatic carbocycles. The van der Waals surface area contributed by atoms with Gasteiger partial charge in [-0.15, -0.1) is 0 Å². The van der Waals surface area contributed by atoms with Crippen molar-refractivity contribution < 1.29 is 23.1 Å². The van der Waals surface area contributed by atoms with Crippen LogP contribution in [0.15, 0.2) is 18.3 Å². The SMILES string of the molecule is CS(=O)(=O)CC(=O)Nc1cc(C(=O)O)ccn1. The number of pyridine rings is 1. The number of amides is 1. The summed E-state index contributed by atoms with van der Waals surface area (Å²) in [7, 11) is -3.43. The summed E-state index contributed by atoms with van der Waals surface area (Å²) in [6.45, 7) is 0. The van der Waals surface area contributed by atoms with E-state index in [4.69, 9.17) is 5.11 Å². The van der Waals surface area contributed by atoms with Crippen molar-refractivity contribution in [1.29, 1.82) is 0 Å². The maximum atomic E-state index is 11.2. The lowest BCUT2D eigenvalue weighted by molar-refractivity contribution is -0.113. The summed E-state index contributed by atoms with van der Waals surface area (Å²) in [6, 6.07) is 2.40. The fourth-order valence-electron chi connectivity index (χ4n) is 1.05. The number of carbonyl (C=O) groups is 2. The first-order valence-corrected chi connectivity index (χ1v) is 6.51. The van der Waals surface area contributed by atoms with Crippen molar-refractivity contribution in [3.63, 3.8) is 0 Å². The molecule has 2 N–H and O–H groups in total. The normalized spacial score (nSPS) is 10.9. The van der Waals surface area contributed by atoms with E-state index >= 15 is 0 Å². The lowest BCUT2D eigenvalue weighted by Crippen LogP contribution is -2.22. The summed E-state index contributed by atoms with van der Waals surface area (Å²) in [6.07, 6.45) is 2.13. The van der Waals surface area contributed by atoms with Crippen LogP contribution in [-0.2, 0) is 14.6 Å². The van der Waals surface area contributed by atoms with Gasteiger partial charge in [0.25, 0.3) is 0 Å². The Morgan fingerprint density at radius 2 is 2.12 bits per heavy atom. The third kappa shape index (κ3) is 4.60. The number of nitrogens with one attached hydrogen (secondary N) is 1. The van der Waals surface area contributed by atoms with Gasteiger partial charge in [0.2, 0.25) is 5.91 Å². The number of anilines is 1. The topological polar surface area (TPSA) is 113 Å². The van der Waals surface area contributed by atoms with Crippen molar-refractivity contribution in [2.45, 2.75) is 0 Å². The van der Waals surface area contributed by atoms with Crippen LogP contribution in [0, 0.1) is 0 Å². The molecule has 7 nitrogen and oxygen atoms in total. The molecule has 17 heavy (non-hydrogen) atoms. The second kappa shape index (κ2) is 4.91. The van der Waals surface area contributed by atoms with Crippen LogP contribution in [0.3, 0.4) is 0 Å². The Morgan fingerprint density at radius 3 is 2.65 bits per heavy atom. The lowest BCUT2D eigenvalue weighted by Gasteiger charge is -2.03. The van der Waals surface area contributed by atoms with E-state index in [2.05, 4.69) is 10.3 Å². The molecule has 0 fully saturated rings. The van der Waals surface area contributed by atoms with Gasteiger partial charge in [0.15, 0.2) is 9.84 Å². The molecule has 8 heteroatoms. The van der Waals surface area contributed by atoms with Crippen LogP contribution in [-0.4, -0.2) is 42.4 Å². The van der Waals surface area contributed by atoms with E-state index in [0.717, 1.165) is 12.3 Å². The number of aromatic nitrogens is 1. The Morgan fingerprint density at radius 1 is 1.47 bits per heavy atom. The van der Waals surface area contributed by atoms with E-state index in [1.165, 1.54) is 12.3 Å². The van der Waals surface area contributed by atoms with E-state index < -0.39 is 27.5 Å². The van der Waals surface area contributed by atoms with Gasteiger partial charge in [-0.05, 0) is 12.1 Å². The molecule has 0 spiro atoms. The van der Waals surface area contributed by atoms with E-state index in [-0.39, 0.29) is 11.4 Å². The maximum absolute atomic E-state index is 11.2. The Labute approximate surface area is 97.4 Å². The van der Waals surface area contributed by atoms with Crippen LogP contribution in [0.1, 0.15) is 10.4 Å². The van der Waals surface area contributed by atoms with Gasteiger partial charge in [-0.1, -0.05) is 0 Å². The van der Waals surface area contributed by atoms with E-state index in [1.54, 1.807) is 0 Å². The maximum Gasteiger partial charge on any atom is 0.335 e. The molecule has 1 amide bonds. The van der Waals surface area contributed by atoms with Gasteiger partial charge in [0.05, 0.1) is 5.56 Å². The van der Waals surface area contributed by atoms with Crippen LogP contribution in [0.4, 0.5) is 5.82 Å². The summed E-state index contributed by atoms with van der Waals surface area (Å²) < 4.78 is 21.7. The third-order valence-electron chi connectivity index (χ3n) is 1.67. The minimum atomic E-state index is -3.43. The zero-order chi connectivity index (χ0) is 13.1. The van der Waals surface area contributed by atoms with Crippen LogP contribution in [0.2, 0.25) is 0 Å². The first-order valence-electron chi connectivity index (χ1n) is 4.45. The van der Waals surface area contributed by atoms with Crippen molar-refractivity contribution >= 4 is 27.5 Å². The Kier molecular flexibility index (Phi) is 3.79. The number of carboxylic acids is 1. The predicted octanol–water partition coefficient (Wildman–Crippen LogP) is -0.237. The minimum absolute atomic E-state index is 0.00134. The molecule has 0 bridgehead atoms. The fourth-order valence-corrected chi connectivity index (χ4v) is 1.60. The minimum Gasteiger partial charge on any atom is -0.478 e. The molecule has 0 aliphatic carbocycles. The number of sulfone groups is 1. The van der Waals surface area contributed by atoms with Gasteiger partial charge >= 0.3 is 5.97 Å². The van der Waals surface area contributed by atoms with Gasteiger partial charge in [0, 0.05) is 12.5 Å². The van der Waals surface area contributed by atoms with Gasteiger partial charge in [-0.25, -0.2) is 18.2 Å². The summed E-state index contributed by atoms with van der Waals surface area (Å²) in [5.41, 5.74) is -0.0466. The first kappa shape index (κ1) is 13.1. The van der Waals surface area contributed by atoms with Gasteiger partial charge < -0.3 is 10.4 Å². The smallest absolute Gasteiger partial charge is 0.335 e. The molecule has 1 aromatic heterocycles. The van der Waals surface area contributed by atoms with Gasteiger partial charge in [-0.2, -0.15) is 0 Å². The molecule has 0 saturated carbocycles. The van der Waals surface area contributed by atoms with Gasteiger partial charge in [0.1, 0.15) is 11.6 Å². The predicted molar refractivity (Wildman–Crippen MR) is 59.5 cm³/mol. The van der Waals surface area contributed by atoms with E-state index in [9.17, 15) is 18.0 Å². The van der Waals surface area contributed by atoms with Crippen LogP contribution in [0.5, 0.6) is 0 Å². The third-order valence-corrected chi connectivity index (χ3v) is 2.45. The molecule has 0 unspecified atom stereocenters. The Bertz CT molecular complexity index is 552. The average Bonchev–Trinajstić information content (AvgIpc) is 2.14. The van der Waals surface area contributed by atoms with Crippen molar-refractivity contribution in [3.05, 3.63) is 23.9 Å². The largest absolute Gasteiger partial charge is 0.478 e. The molecule has 0 aliphatic rings. The molecule has 1 heterocycles. The molecule has 0 radical (unpaired) electrons. The zero-order valence-corrected chi connectivity index (χ0v) is 9.69. The highest BCUT2D eigenvalue weighted by molar-refractivity contribution is 7.91. The Balaban J connectivity index is 2.79. The second-order valence-corrected chi connectivity index (χ2v) is 5.49. The summed E-state index contributed by atoms with van der Waals surface area (Å²) >= 11 is 0. The monoisotopic (exact) mass is 258 g/mol. The van der Waals surface area contributed by atoms with Crippen molar-refractivity contribution in [2.75, 3.05) is 17.3 Å². The zero-order valence-electron chi connectivity index (χ0n) is 8.87. The summed E-state index contributed by atoms with van der Waals surface area (Å²) in [4.78, 5) is 25.6. The molecule has 0 aliphatic heterocycles. The van der Waals surface area contributed by atoms with E-state index in [1.807, 2.05) is 0 Å². The number of nitrogens with zero attached hydrogens (tertiary/aromatic N) is 1. The molecule has 1 rings (SSSR count). The fraction of sp³-hybridized carbons (Fsp3) is 0.222. The highest BCUT2D eigenvalue weighted by atomic mass is 32.2. The molecule has 1 aromatic rings. The van der Waals surface area contributed by atoms with Crippen molar-refractivity contribution in [1.82, 2.24) is 4.98 Å². The molecule has 0 saturated heterocycles. The summed E-state index contributed by atoms with van der Waals surface area (Å²) in [5, 5.41) is 10.9. The lowest BCUT2D eigenvalue weighted by atomic mass is 10.2. The number of rotatable bonds is 4. The highest BCUT2D eigenvalue weighted by Crippen LogP contribution is 2.06. The number of carboxylic acid groups (broad SMARTS) is 1. The molecule has 0 atom stereocenters.